The number of hydrogen-bond acceptors (Lipinski definition) is 1. The lowest BCUT2D eigenvalue weighted by Gasteiger charge is -2.26. The van der Waals surface area contributed by atoms with Crippen LogP contribution >= 0.6 is 15.9 Å². The summed E-state index contributed by atoms with van der Waals surface area (Å²) in [5.74, 6) is 1.03. The van der Waals surface area contributed by atoms with E-state index in [0.29, 0.717) is 4.83 Å². The van der Waals surface area contributed by atoms with Gasteiger partial charge in [-0.25, -0.2) is 0 Å². The van der Waals surface area contributed by atoms with Crippen LogP contribution < -0.4 is 4.74 Å². The highest BCUT2D eigenvalue weighted by Crippen LogP contribution is 2.46. The van der Waals surface area contributed by atoms with E-state index in [4.69, 9.17) is 4.74 Å². The largest absolute Gasteiger partial charge is 0.496 e. The van der Waals surface area contributed by atoms with Crippen molar-refractivity contribution in [2.75, 3.05) is 7.11 Å². The van der Waals surface area contributed by atoms with Crippen LogP contribution in [0, 0.1) is 0 Å². The average Bonchev–Trinajstić information content (AvgIpc) is 2.60. The summed E-state index contributed by atoms with van der Waals surface area (Å²) in [5, 5.41) is 0. The molecule has 0 amide bonds. The molecule has 82 valence electrons. The Kier molecular flexibility index (Phi) is 3.06. The van der Waals surface area contributed by atoms with Crippen molar-refractivity contribution >= 4 is 15.9 Å². The highest BCUT2D eigenvalue weighted by atomic mass is 79.9. The first kappa shape index (κ1) is 11.0. The van der Waals surface area contributed by atoms with Crippen molar-refractivity contribution < 1.29 is 4.74 Å². The Bertz CT molecular complexity index is 350. The number of rotatable bonds is 2. The van der Waals surface area contributed by atoms with Gasteiger partial charge in [-0.2, -0.15) is 0 Å². The fourth-order valence-corrected chi connectivity index (χ4v) is 3.50. The quantitative estimate of drug-likeness (QED) is 0.740. The Morgan fingerprint density at radius 2 is 2.13 bits per heavy atom. The third-order valence-corrected chi connectivity index (χ3v) is 4.22. The molecular weight excluding hydrogens is 252 g/mol. The number of halogens is 1. The molecule has 0 saturated heterocycles. The van der Waals surface area contributed by atoms with Crippen molar-refractivity contribution in [2.45, 2.75) is 36.4 Å². The van der Waals surface area contributed by atoms with Crippen LogP contribution in [-0.4, -0.2) is 11.9 Å². The summed E-state index contributed by atoms with van der Waals surface area (Å²) in [6, 6.07) is 8.39. The fourth-order valence-electron chi connectivity index (χ4n) is 2.56. The van der Waals surface area contributed by atoms with E-state index >= 15 is 0 Å². The van der Waals surface area contributed by atoms with E-state index < -0.39 is 0 Å². The predicted molar refractivity (Wildman–Crippen MR) is 66.9 cm³/mol. The molecule has 1 aromatic rings. The Labute approximate surface area is 100.0 Å². The molecule has 1 saturated carbocycles. The fraction of sp³-hybridized carbons (Fsp3) is 0.538. The van der Waals surface area contributed by atoms with Crippen LogP contribution in [0.2, 0.25) is 0 Å². The molecule has 2 heteroatoms. The zero-order chi connectivity index (χ0) is 10.9. The number of hydrogen-bond donors (Lipinski definition) is 0. The molecule has 0 bridgehead atoms. The van der Waals surface area contributed by atoms with Gasteiger partial charge >= 0.3 is 0 Å². The summed E-state index contributed by atoms with van der Waals surface area (Å²) in [4.78, 5) is 0.660. The molecule has 0 heterocycles. The lowest BCUT2D eigenvalue weighted by atomic mass is 9.80. The smallest absolute Gasteiger partial charge is 0.122 e. The predicted octanol–water partition coefficient (Wildman–Crippen LogP) is 3.90. The van der Waals surface area contributed by atoms with E-state index in [0.717, 1.165) is 5.75 Å². The van der Waals surface area contributed by atoms with E-state index in [1.54, 1.807) is 7.11 Å². The van der Waals surface area contributed by atoms with E-state index in [9.17, 15) is 0 Å². The molecule has 0 aliphatic heterocycles. The lowest BCUT2D eigenvalue weighted by molar-refractivity contribution is 0.386. The van der Waals surface area contributed by atoms with Gasteiger partial charge in [-0.05, 0) is 30.7 Å². The highest BCUT2D eigenvalue weighted by Gasteiger charge is 2.37. The molecule has 2 rings (SSSR count). The zero-order valence-electron chi connectivity index (χ0n) is 9.29. The molecule has 1 fully saturated rings. The first-order valence-corrected chi connectivity index (χ1v) is 6.35. The van der Waals surface area contributed by atoms with Crippen LogP contribution in [0.15, 0.2) is 24.3 Å². The second-order valence-electron chi connectivity index (χ2n) is 4.60. The summed E-state index contributed by atoms with van der Waals surface area (Å²) < 4.78 is 5.44. The van der Waals surface area contributed by atoms with Gasteiger partial charge in [0.15, 0.2) is 0 Å². The third kappa shape index (κ3) is 2.05. The van der Waals surface area contributed by atoms with Gasteiger partial charge in [-0.1, -0.05) is 41.1 Å². The molecule has 1 nitrogen and oxygen atoms in total. The average molecular weight is 269 g/mol. The molecule has 1 aliphatic carbocycles. The van der Waals surface area contributed by atoms with Crippen molar-refractivity contribution in [3.05, 3.63) is 29.8 Å². The Hall–Kier alpha value is -0.500. The van der Waals surface area contributed by atoms with Gasteiger partial charge in [-0.15, -0.1) is 0 Å². The Balaban J connectivity index is 2.36. The summed E-state index contributed by atoms with van der Waals surface area (Å²) in [6.07, 6.45) is 3.70. The third-order valence-electron chi connectivity index (χ3n) is 3.44. The van der Waals surface area contributed by atoms with Crippen molar-refractivity contribution in [3.63, 3.8) is 0 Å². The van der Waals surface area contributed by atoms with E-state index in [-0.39, 0.29) is 5.41 Å². The van der Waals surface area contributed by atoms with Crippen molar-refractivity contribution in [1.29, 1.82) is 0 Å². The Morgan fingerprint density at radius 1 is 1.40 bits per heavy atom. The molecule has 0 spiro atoms. The van der Waals surface area contributed by atoms with Gasteiger partial charge in [0.1, 0.15) is 5.75 Å². The molecule has 1 aliphatic rings. The molecule has 2 atom stereocenters. The second-order valence-corrected chi connectivity index (χ2v) is 5.90. The van der Waals surface area contributed by atoms with E-state index in [2.05, 4.69) is 41.1 Å². The van der Waals surface area contributed by atoms with Gasteiger partial charge < -0.3 is 4.74 Å². The minimum Gasteiger partial charge on any atom is -0.496 e. The van der Waals surface area contributed by atoms with Gasteiger partial charge in [0.25, 0.3) is 0 Å². The van der Waals surface area contributed by atoms with Gasteiger partial charge in [-0.3, -0.25) is 0 Å². The molecule has 0 aromatic heterocycles. The maximum Gasteiger partial charge on any atom is 0.122 e. The number of methoxy groups -OCH3 is 1. The number of para-hydroxylation sites is 1. The minimum atomic E-state index is 0.279. The molecule has 2 unspecified atom stereocenters. The van der Waals surface area contributed by atoms with Gasteiger partial charge in [0.05, 0.1) is 7.11 Å². The van der Waals surface area contributed by atoms with E-state index in [1.165, 1.54) is 24.8 Å². The van der Waals surface area contributed by atoms with Crippen LogP contribution in [0.1, 0.15) is 31.7 Å². The first-order valence-electron chi connectivity index (χ1n) is 5.43. The highest BCUT2D eigenvalue weighted by molar-refractivity contribution is 9.09. The molecule has 1 aromatic carbocycles. The summed E-state index contributed by atoms with van der Waals surface area (Å²) in [6.45, 7) is 2.34. The molecular formula is C13H17BrO. The zero-order valence-corrected chi connectivity index (χ0v) is 10.9. The maximum absolute atomic E-state index is 5.44. The number of benzene rings is 1. The van der Waals surface area contributed by atoms with E-state index in [1.807, 2.05) is 6.07 Å². The number of alkyl halides is 1. The summed E-state index contributed by atoms with van der Waals surface area (Å²) in [5.41, 5.74) is 1.63. The molecule has 0 N–H and O–H groups in total. The van der Waals surface area contributed by atoms with Crippen LogP contribution in [0.5, 0.6) is 5.75 Å². The van der Waals surface area contributed by atoms with Gasteiger partial charge in [0.2, 0.25) is 0 Å². The molecule has 15 heavy (non-hydrogen) atoms. The second kappa shape index (κ2) is 4.17. The normalized spacial score (nSPS) is 30.5. The summed E-state index contributed by atoms with van der Waals surface area (Å²) >= 11 is 3.72. The van der Waals surface area contributed by atoms with Crippen LogP contribution in [0.3, 0.4) is 0 Å². The number of ether oxygens (including phenoxy) is 1. The lowest BCUT2D eigenvalue weighted by Crippen LogP contribution is -2.18. The minimum absolute atomic E-state index is 0.279. The first-order chi connectivity index (χ1) is 7.15. The molecule has 0 radical (unpaired) electrons. The maximum atomic E-state index is 5.44. The van der Waals surface area contributed by atoms with Gasteiger partial charge in [0, 0.05) is 10.4 Å². The Morgan fingerprint density at radius 3 is 2.73 bits per heavy atom. The monoisotopic (exact) mass is 268 g/mol. The topological polar surface area (TPSA) is 9.23 Å². The SMILES string of the molecule is COc1ccccc1C1(C)CCC(Br)C1. The van der Waals surface area contributed by atoms with Crippen molar-refractivity contribution in [2.24, 2.45) is 0 Å². The standard InChI is InChI=1S/C13H17BrO/c1-13(8-7-10(14)9-13)11-5-3-4-6-12(11)15-2/h3-6,10H,7-9H2,1-2H3. The van der Waals surface area contributed by atoms with Crippen LogP contribution in [-0.2, 0) is 5.41 Å². The van der Waals surface area contributed by atoms with Crippen molar-refractivity contribution in [3.8, 4) is 5.75 Å². The summed E-state index contributed by atoms with van der Waals surface area (Å²) in [7, 11) is 1.75. The van der Waals surface area contributed by atoms with Crippen LogP contribution in [0.4, 0.5) is 0 Å². The van der Waals surface area contributed by atoms with Crippen molar-refractivity contribution in [1.82, 2.24) is 0 Å². The van der Waals surface area contributed by atoms with Crippen LogP contribution in [0.25, 0.3) is 0 Å².